The van der Waals surface area contributed by atoms with Crippen LogP contribution in [0.15, 0.2) is 24.3 Å². The summed E-state index contributed by atoms with van der Waals surface area (Å²) in [6.07, 6.45) is 2.69. The minimum absolute atomic E-state index is 0.152. The molecular formula is C14H15ClN2O2. The first-order valence-corrected chi connectivity index (χ1v) is 6.88. The summed E-state index contributed by atoms with van der Waals surface area (Å²) >= 11 is 5.81. The molecule has 1 N–H and O–H groups in total. The fourth-order valence-electron chi connectivity index (χ4n) is 2.28. The van der Waals surface area contributed by atoms with Crippen LogP contribution < -0.4 is 10.2 Å². The van der Waals surface area contributed by atoms with E-state index < -0.39 is 0 Å². The second kappa shape index (κ2) is 4.94. The van der Waals surface area contributed by atoms with Gasteiger partial charge in [-0.15, -0.1) is 0 Å². The summed E-state index contributed by atoms with van der Waals surface area (Å²) < 4.78 is 0. The Balaban J connectivity index is 1.72. The van der Waals surface area contributed by atoms with E-state index in [9.17, 15) is 9.59 Å². The van der Waals surface area contributed by atoms with Gasteiger partial charge in [-0.3, -0.25) is 9.59 Å². The Morgan fingerprint density at radius 2 is 1.89 bits per heavy atom. The largest absolute Gasteiger partial charge is 0.305 e. The third kappa shape index (κ3) is 2.65. The van der Waals surface area contributed by atoms with Crippen LogP contribution in [0.3, 0.4) is 0 Å². The lowest BCUT2D eigenvalue weighted by Crippen LogP contribution is -2.39. The van der Waals surface area contributed by atoms with Crippen molar-refractivity contribution in [3.8, 4) is 0 Å². The molecule has 100 valence electrons. The quantitative estimate of drug-likeness (QED) is 0.857. The molecule has 0 bridgehead atoms. The minimum Gasteiger partial charge on any atom is -0.305 e. The number of imide groups is 1. The van der Waals surface area contributed by atoms with Crippen molar-refractivity contribution in [3.05, 3.63) is 29.3 Å². The van der Waals surface area contributed by atoms with E-state index >= 15 is 0 Å². The molecule has 4 nitrogen and oxygen atoms in total. The third-order valence-electron chi connectivity index (χ3n) is 3.58. The SMILES string of the molecule is O=C1C[C@H](NCC2CC2)C(=O)N1c1ccc(Cl)cc1. The number of hydrogen-bond acceptors (Lipinski definition) is 3. The Hall–Kier alpha value is -1.39. The highest BCUT2D eigenvalue weighted by Gasteiger charge is 2.39. The van der Waals surface area contributed by atoms with Gasteiger partial charge in [0, 0.05) is 5.02 Å². The van der Waals surface area contributed by atoms with Crippen molar-refractivity contribution >= 4 is 29.1 Å². The molecule has 1 aliphatic carbocycles. The zero-order chi connectivity index (χ0) is 13.4. The normalized spacial score (nSPS) is 23.2. The lowest BCUT2D eigenvalue weighted by molar-refractivity contribution is -0.121. The van der Waals surface area contributed by atoms with Crippen LogP contribution in [0.4, 0.5) is 5.69 Å². The van der Waals surface area contributed by atoms with Crippen molar-refractivity contribution in [1.82, 2.24) is 5.32 Å². The van der Waals surface area contributed by atoms with E-state index in [2.05, 4.69) is 5.32 Å². The van der Waals surface area contributed by atoms with E-state index in [1.54, 1.807) is 24.3 Å². The summed E-state index contributed by atoms with van der Waals surface area (Å²) in [7, 11) is 0. The highest BCUT2D eigenvalue weighted by Crippen LogP contribution is 2.29. The average molecular weight is 279 g/mol. The van der Waals surface area contributed by atoms with Crippen molar-refractivity contribution in [1.29, 1.82) is 0 Å². The van der Waals surface area contributed by atoms with Gasteiger partial charge in [0.2, 0.25) is 5.91 Å². The molecule has 19 heavy (non-hydrogen) atoms. The number of nitrogens with zero attached hydrogens (tertiary/aromatic N) is 1. The maximum absolute atomic E-state index is 12.2. The maximum Gasteiger partial charge on any atom is 0.251 e. The van der Waals surface area contributed by atoms with Crippen LogP contribution in [-0.4, -0.2) is 24.4 Å². The van der Waals surface area contributed by atoms with Crippen LogP contribution in [-0.2, 0) is 9.59 Å². The first kappa shape index (κ1) is 12.6. The number of anilines is 1. The van der Waals surface area contributed by atoms with E-state index in [1.165, 1.54) is 17.7 Å². The van der Waals surface area contributed by atoms with Gasteiger partial charge < -0.3 is 5.32 Å². The van der Waals surface area contributed by atoms with Gasteiger partial charge in [-0.2, -0.15) is 0 Å². The van der Waals surface area contributed by atoms with Gasteiger partial charge in [0.05, 0.1) is 18.2 Å². The van der Waals surface area contributed by atoms with Crippen LogP contribution in [0.2, 0.25) is 5.02 Å². The van der Waals surface area contributed by atoms with E-state index in [1.807, 2.05) is 0 Å². The molecule has 3 rings (SSSR count). The van der Waals surface area contributed by atoms with E-state index in [0.717, 1.165) is 6.54 Å². The molecular weight excluding hydrogens is 264 g/mol. The predicted molar refractivity (Wildman–Crippen MR) is 73.1 cm³/mol. The molecule has 2 aliphatic rings. The number of hydrogen-bond donors (Lipinski definition) is 1. The Labute approximate surface area is 116 Å². The molecule has 1 atom stereocenters. The number of nitrogens with one attached hydrogen (secondary N) is 1. The van der Waals surface area contributed by atoms with E-state index in [4.69, 9.17) is 11.6 Å². The Morgan fingerprint density at radius 3 is 2.53 bits per heavy atom. The molecule has 1 saturated carbocycles. The fourth-order valence-corrected chi connectivity index (χ4v) is 2.41. The summed E-state index contributed by atoms with van der Waals surface area (Å²) in [4.78, 5) is 25.5. The van der Waals surface area contributed by atoms with Crippen LogP contribution in [0.5, 0.6) is 0 Å². The smallest absolute Gasteiger partial charge is 0.251 e. The highest BCUT2D eigenvalue weighted by atomic mass is 35.5. The number of amides is 2. The zero-order valence-electron chi connectivity index (χ0n) is 10.4. The summed E-state index contributed by atoms with van der Waals surface area (Å²) in [5, 5.41) is 3.79. The number of halogens is 1. The molecule has 0 spiro atoms. The first-order chi connectivity index (χ1) is 9.15. The van der Waals surface area contributed by atoms with Gasteiger partial charge >= 0.3 is 0 Å². The molecule has 0 aromatic heterocycles. The van der Waals surface area contributed by atoms with Crippen molar-refractivity contribution in [2.24, 2.45) is 5.92 Å². The molecule has 1 aliphatic heterocycles. The monoisotopic (exact) mass is 278 g/mol. The Kier molecular flexibility index (Phi) is 3.29. The summed E-state index contributed by atoms with van der Waals surface area (Å²) in [5.41, 5.74) is 0.593. The second-order valence-corrected chi connectivity index (χ2v) is 5.59. The first-order valence-electron chi connectivity index (χ1n) is 6.51. The van der Waals surface area contributed by atoms with Gasteiger partial charge in [-0.05, 0) is 49.6 Å². The molecule has 5 heteroatoms. The summed E-state index contributed by atoms with van der Waals surface area (Å²) in [6.45, 7) is 0.831. The summed E-state index contributed by atoms with van der Waals surface area (Å²) in [5.74, 6) is 0.376. The number of benzene rings is 1. The van der Waals surface area contributed by atoms with Crippen LogP contribution in [0.1, 0.15) is 19.3 Å². The molecule has 2 amide bonds. The Morgan fingerprint density at radius 1 is 1.21 bits per heavy atom. The highest BCUT2D eigenvalue weighted by molar-refractivity contribution is 6.30. The van der Waals surface area contributed by atoms with Gasteiger partial charge in [-0.25, -0.2) is 4.90 Å². The third-order valence-corrected chi connectivity index (χ3v) is 3.83. The van der Waals surface area contributed by atoms with Crippen LogP contribution >= 0.6 is 11.6 Å². The summed E-state index contributed by atoms with van der Waals surface area (Å²) in [6, 6.07) is 6.39. The maximum atomic E-state index is 12.2. The predicted octanol–water partition coefficient (Wildman–Crippen LogP) is 1.97. The lowest BCUT2D eigenvalue weighted by Gasteiger charge is -2.15. The van der Waals surface area contributed by atoms with Crippen molar-refractivity contribution in [2.45, 2.75) is 25.3 Å². The standard InChI is InChI=1S/C14H15ClN2O2/c15-10-3-5-11(6-4-10)17-13(18)7-12(14(17)19)16-8-9-1-2-9/h3-6,9,12,16H,1-2,7-8H2/t12-/m0/s1. The van der Waals surface area contributed by atoms with Crippen molar-refractivity contribution in [2.75, 3.05) is 11.4 Å². The number of rotatable bonds is 4. The van der Waals surface area contributed by atoms with E-state index in [-0.39, 0.29) is 24.3 Å². The zero-order valence-corrected chi connectivity index (χ0v) is 11.2. The lowest BCUT2D eigenvalue weighted by atomic mass is 10.2. The van der Waals surface area contributed by atoms with Crippen molar-refractivity contribution < 1.29 is 9.59 Å². The minimum atomic E-state index is -0.372. The van der Waals surface area contributed by atoms with Crippen molar-refractivity contribution in [3.63, 3.8) is 0 Å². The fraction of sp³-hybridized carbons (Fsp3) is 0.429. The molecule has 1 heterocycles. The number of carbonyl (C=O) groups is 2. The van der Waals surface area contributed by atoms with Gasteiger partial charge in [0.1, 0.15) is 0 Å². The molecule has 0 radical (unpaired) electrons. The molecule has 1 aromatic rings. The second-order valence-electron chi connectivity index (χ2n) is 5.15. The van der Waals surface area contributed by atoms with Gasteiger partial charge in [0.25, 0.3) is 5.91 Å². The average Bonchev–Trinajstić information content (AvgIpc) is 3.16. The molecule has 1 aromatic carbocycles. The van der Waals surface area contributed by atoms with Crippen LogP contribution in [0, 0.1) is 5.92 Å². The van der Waals surface area contributed by atoms with Gasteiger partial charge in [-0.1, -0.05) is 11.6 Å². The molecule has 0 unspecified atom stereocenters. The van der Waals surface area contributed by atoms with Crippen LogP contribution in [0.25, 0.3) is 0 Å². The molecule has 1 saturated heterocycles. The molecule has 2 fully saturated rings. The Bertz CT molecular complexity index is 511. The van der Waals surface area contributed by atoms with E-state index in [0.29, 0.717) is 16.6 Å². The topological polar surface area (TPSA) is 49.4 Å². The number of carbonyl (C=O) groups excluding carboxylic acids is 2. The van der Waals surface area contributed by atoms with Gasteiger partial charge in [0.15, 0.2) is 0 Å².